The number of amides is 1. The second kappa shape index (κ2) is 15.2. The smallest absolute Gasteiger partial charge is 0.222 e. The molecule has 1 amide bonds. The van der Waals surface area contributed by atoms with Crippen molar-refractivity contribution >= 4 is 5.91 Å². The molecule has 0 atom stereocenters. The van der Waals surface area contributed by atoms with Gasteiger partial charge in [0.25, 0.3) is 0 Å². The van der Waals surface area contributed by atoms with E-state index in [1.54, 1.807) is 28.2 Å². The zero-order chi connectivity index (χ0) is 21.5. The standard InChI is InChI=1S/C22H47N3O3/c1-6-7-8-9-10-11-12-13-14-17-22(26)23(18-15-20-24(2,3)27)19-16-21-25(4,5)28/h6-21H2,1-5H3. The number of unbranched alkanes of at least 4 members (excludes halogenated alkanes) is 8. The van der Waals surface area contributed by atoms with Crippen LogP contribution in [0.5, 0.6) is 0 Å². The molecule has 0 spiro atoms. The lowest BCUT2D eigenvalue weighted by molar-refractivity contribution is -0.840. The molecule has 0 aliphatic carbocycles. The van der Waals surface area contributed by atoms with Crippen molar-refractivity contribution < 1.29 is 14.1 Å². The Morgan fingerprint density at radius 2 is 1.07 bits per heavy atom. The van der Waals surface area contributed by atoms with E-state index in [-0.39, 0.29) is 15.2 Å². The molecule has 0 aromatic rings. The normalized spacial score (nSPS) is 12.4. The predicted molar refractivity (Wildman–Crippen MR) is 118 cm³/mol. The van der Waals surface area contributed by atoms with Gasteiger partial charge in [0.2, 0.25) is 5.91 Å². The topological polar surface area (TPSA) is 66.4 Å². The van der Waals surface area contributed by atoms with Crippen LogP contribution in [-0.2, 0) is 4.79 Å². The highest BCUT2D eigenvalue weighted by molar-refractivity contribution is 5.76. The average Bonchev–Trinajstić information content (AvgIpc) is 2.56. The van der Waals surface area contributed by atoms with Crippen LogP contribution in [-0.4, -0.2) is 74.5 Å². The summed E-state index contributed by atoms with van der Waals surface area (Å²) in [6, 6.07) is 0. The van der Waals surface area contributed by atoms with E-state index in [0.717, 1.165) is 12.8 Å². The molecule has 0 heterocycles. The van der Waals surface area contributed by atoms with E-state index in [0.29, 0.717) is 45.4 Å². The second-order valence-electron chi connectivity index (χ2n) is 9.26. The van der Waals surface area contributed by atoms with Crippen LogP contribution in [0.2, 0.25) is 0 Å². The van der Waals surface area contributed by atoms with Gasteiger partial charge in [0.15, 0.2) is 0 Å². The van der Waals surface area contributed by atoms with Crippen LogP contribution in [0, 0.1) is 10.4 Å². The van der Waals surface area contributed by atoms with E-state index in [4.69, 9.17) is 0 Å². The van der Waals surface area contributed by atoms with Gasteiger partial charge in [-0.2, -0.15) is 0 Å². The van der Waals surface area contributed by atoms with Crippen molar-refractivity contribution in [2.75, 3.05) is 54.4 Å². The SMILES string of the molecule is CCCCCCCCCCCC(=O)N(CCC[N+](C)(C)[O-])CCC[N+](C)(C)[O-]. The van der Waals surface area contributed by atoms with Crippen LogP contribution in [0.1, 0.15) is 84.0 Å². The summed E-state index contributed by atoms with van der Waals surface area (Å²) in [6.45, 7) is 4.48. The number of hydroxylamine groups is 6. The number of nitrogens with zero attached hydrogens (tertiary/aromatic N) is 3. The summed E-state index contributed by atoms with van der Waals surface area (Å²) >= 11 is 0. The molecule has 6 heteroatoms. The summed E-state index contributed by atoms with van der Waals surface area (Å²) in [5.74, 6) is 0.176. The van der Waals surface area contributed by atoms with Gasteiger partial charge in [-0.05, 0) is 6.42 Å². The van der Waals surface area contributed by atoms with Gasteiger partial charge >= 0.3 is 0 Å². The fourth-order valence-electron chi connectivity index (χ4n) is 3.39. The number of carbonyl (C=O) groups excluding carboxylic acids is 1. The fraction of sp³-hybridized carbons (Fsp3) is 0.955. The highest BCUT2D eigenvalue weighted by atomic mass is 16.5. The van der Waals surface area contributed by atoms with Gasteiger partial charge in [0, 0.05) is 32.4 Å². The van der Waals surface area contributed by atoms with Gasteiger partial charge in [-0.1, -0.05) is 58.3 Å². The molecule has 0 rings (SSSR count). The highest BCUT2D eigenvalue weighted by Crippen LogP contribution is 2.12. The largest absolute Gasteiger partial charge is 0.633 e. The first-order chi connectivity index (χ1) is 13.0. The van der Waals surface area contributed by atoms with Crippen molar-refractivity contribution in [3.8, 4) is 0 Å². The summed E-state index contributed by atoms with van der Waals surface area (Å²) in [5.41, 5.74) is 0. The van der Waals surface area contributed by atoms with Gasteiger partial charge in [-0.25, -0.2) is 0 Å². The first kappa shape index (κ1) is 27.3. The number of carbonyl (C=O) groups is 1. The predicted octanol–water partition coefficient (Wildman–Crippen LogP) is 4.66. The highest BCUT2D eigenvalue weighted by Gasteiger charge is 2.15. The monoisotopic (exact) mass is 401 g/mol. The quantitative estimate of drug-likeness (QED) is 0.190. The van der Waals surface area contributed by atoms with Crippen molar-refractivity contribution in [1.29, 1.82) is 0 Å². The van der Waals surface area contributed by atoms with Gasteiger partial charge in [0.05, 0.1) is 41.3 Å². The lowest BCUT2D eigenvalue weighted by atomic mass is 10.1. The molecular weight excluding hydrogens is 354 g/mol. The molecule has 168 valence electrons. The average molecular weight is 402 g/mol. The van der Waals surface area contributed by atoms with E-state index in [9.17, 15) is 15.2 Å². The first-order valence-corrected chi connectivity index (χ1v) is 11.4. The molecule has 0 unspecified atom stereocenters. The Hall–Kier alpha value is -0.690. The molecule has 0 aromatic carbocycles. The summed E-state index contributed by atoms with van der Waals surface area (Å²) < 4.78 is -0.657. The summed E-state index contributed by atoms with van der Waals surface area (Å²) in [5, 5.41) is 23.5. The summed E-state index contributed by atoms with van der Waals surface area (Å²) in [7, 11) is 6.52. The molecule has 0 N–H and O–H groups in total. The van der Waals surface area contributed by atoms with Crippen molar-refractivity contribution in [2.45, 2.75) is 84.0 Å². The maximum absolute atomic E-state index is 12.6. The zero-order valence-electron chi connectivity index (χ0n) is 19.4. The van der Waals surface area contributed by atoms with Crippen LogP contribution in [0.15, 0.2) is 0 Å². The van der Waals surface area contributed by atoms with E-state index in [1.165, 1.54) is 44.9 Å². The fourth-order valence-corrected chi connectivity index (χ4v) is 3.39. The molecule has 0 aromatic heterocycles. The molecule has 0 aliphatic rings. The van der Waals surface area contributed by atoms with E-state index in [1.807, 2.05) is 4.90 Å². The van der Waals surface area contributed by atoms with Gasteiger partial charge < -0.3 is 24.6 Å². The molecule has 0 bridgehead atoms. The molecule has 0 saturated carbocycles. The maximum atomic E-state index is 12.6. The molecule has 0 fully saturated rings. The Morgan fingerprint density at radius 3 is 1.46 bits per heavy atom. The van der Waals surface area contributed by atoms with Crippen molar-refractivity contribution in [3.05, 3.63) is 10.4 Å². The lowest BCUT2D eigenvalue weighted by Crippen LogP contribution is -2.40. The molecular formula is C22H47N3O3. The molecule has 0 aliphatic heterocycles. The molecule has 0 saturated heterocycles. The minimum absolute atomic E-state index is 0.176. The van der Waals surface area contributed by atoms with Gasteiger partial charge in [-0.15, -0.1) is 0 Å². The zero-order valence-corrected chi connectivity index (χ0v) is 19.4. The Bertz CT molecular complexity index is 369. The third-order valence-corrected chi connectivity index (χ3v) is 5.10. The van der Waals surface area contributed by atoms with E-state index >= 15 is 0 Å². The van der Waals surface area contributed by atoms with Gasteiger partial charge in [0.1, 0.15) is 0 Å². The number of hydrogen-bond acceptors (Lipinski definition) is 3. The molecule has 28 heavy (non-hydrogen) atoms. The van der Waals surface area contributed by atoms with Crippen LogP contribution in [0.4, 0.5) is 0 Å². The minimum atomic E-state index is -0.329. The van der Waals surface area contributed by atoms with Crippen molar-refractivity contribution in [1.82, 2.24) is 4.90 Å². The van der Waals surface area contributed by atoms with Crippen LogP contribution in [0.25, 0.3) is 0 Å². The van der Waals surface area contributed by atoms with Crippen LogP contribution in [0.3, 0.4) is 0 Å². The third kappa shape index (κ3) is 18.7. The Kier molecular flexibility index (Phi) is 14.8. The maximum Gasteiger partial charge on any atom is 0.222 e. The first-order valence-electron chi connectivity index (χ1n) is 11.4. The Labute approximate surface area is 174 Å². The van der Waals surface area contributed by atoms with Crippen molar-refractivity contribution in [2.24, 2.45) is 0 Å². The molecule has 6 nitrogen and oxygen atoms in total. The Morgan fingerprint density at radius 1 is 0.679 bits per heavy atom. The number of rotatable bonds is 18. The third-order valence-electron chi connectivity index (χ3n) is 5.10. The van der Waals surface area contributed by atoms with Crippen molar-refractivity contribution in [3.63, 3.8) is 0 Å². The van der Waals surface area contributed by atoms with E-state index < -0.39 is 0 Å². The molecule has 0 radical (unpaired) electrons. The lowest BCUT2D eigenvalue weighted by Gasteiger charge is -2.36. The Balaban J connectivity index is 4.12. The summed E-state index contributed by atoms with van der Waals surface area (Å²) in [6.07, 6.45) is 13.2. The van der Waals surface area contributed by atoms with E-state index in [2.05, 4.69) is 6.92 Å². The van der Waals surface area contributed by atoms with Gasteiger partial charge in [-0.3, -0.25) is 4.79 Å². The summed E-state index contributed by atoms with van der Waals surface area (Å²) in [4.78, 5) is 14.5. The van der Waals surface area contributed by atoms with Crippen LogP contribution >= 0.6 is 0 Å². The number of quaternary nitrogens is 2. The second-order valence-corrected chi connectivity index (χ2v) is 9.26. The number of hydrogen-bond donors (Lipinski definition) is 0. The van der Waals surface area contributed by atoms with Crippen LogP contribution < -0.4 is 0 Å². The minimum Gasteiger partial charge on any atom is -0.633 e.